The Balaban J connectivity index is 2.61. The van der Waals surface area contributed by atoms with Gasteiger partial charge in [0.15, 0.2) is 0 Å². The number of hydrogen-bond acceptors (Lipinski definition) is 3. The zero-order chi connectivity index (χ0) is 12.8. The second-order valence-electron chi connectivity index (χ2n) is 4.59. The summed E-state index contributed by atoms with van der Waals surface area (Å²) in [6, 6.07) is 3.61. The Morgan fingerprint density at radius 1 is 1.47 bits per heavy atom. The van der Waals surface area contributed by atoms with Gasteiger partial charge in [-0.2, -0.15) is 0 Å². The Morgan fingerprint density at radius 3 is 2.65 bits per heavy atom. The maximum absolute atomic E-state index is 12.0. The third-order valence-electron chi connectivity index (χ3n) is 2.66. The molecule has 0 aromatic carbocycles. The highest BCUT2D eigenvalue weighted by Crippen LogP contribution is 2.08. The third-order valence-corrected chi connectivity index (χ3v) is 2.66. The van der Waals surface area contributed by atoms with Crippen molar-refractivity contribution in [1.82, 2.24) is 9.88 Å². The van der Waals surface area contributed by atoms with Crippen molar-refractivity contribution < 1.29 is 4.79 Å². The summed E-state index contributed by atoms with van der Waals surface area (Å²) < 4.78 is 0. The molecule has 0 atom stereocenters. The first kappa shape index (κ1) is 13.5. The van der Waals surface area contributed by atoms with Crippen LogP contribution in [-0.4, -0.2) is 36.4 Å². The predicted octanol–water partition coefficient (Wildman–Crippen LogP) is 2.24. The number of anilines is 1. The Labute approximate surface area is 103 Å². The Kier molecular flexibility index (Phi) is 4.94. The number of nitrogens with one attached hydrogen (secondary N) is 1. The summed E-state index contributed by atoms with van der Waals surface area (Å²) >= 11 is 0. The van der Waals surface area contributed by atoms with Gasteiger partial charge in [0.05, 0.1) is 11.9 Å². The molecule has 1 aromatic heterocycles. The van der Waals surface area contributed by atoms with E-state index in [0.29, 0.717) is 11.6 Å². The van der Waals surface area contributed by atoms with Gasteiger partial charge in [0.2, 0.25) is 0 Å². The smallest absolute Gasteiger partial charge is 0.272 e. The summed E-state index contributed by atoms with van der Waals surface area (Å²) in [5.41, 5.74) is 1.40. The fourth-order valence-electron chi connectivity index (χ4n) is 1.42. The van der Waals surface area contributed by atoms with Gasteiger partial charge < -0.3 is 10.2 Å². The summed E-state index contributed by atoms with van der Waals surface area (Å²) in [6.07, 6.45) is 2.68. The molecule has 1 rings (SSSR count). The van der Waals surface area contributed by atoms with Crippen molar-refractivity contribution in [1.29, 1.82) is 0 Å². The number of hydrogen-bond donors (Lipinski definition) is 1. The van der Waals surface area contributed by atoms with Crippen LogP contribution in [0.1, 0.15) is 30.8 Å². The van der Waals surface area contributed by atoms with E-state index in [1.807, 2.05) is 20.2 Å². The molecule has 0 aliphatic heterocycles. The van der Waals surface area contributed by atoms with Crippen LogP contribution in [0.2, 0.25) is 0 Å². The van der Waals surface area contributed by atoms with E-state index >= 15 is 0 Å². The van der Waals surface area contributed by atoms with Crippen LogP contribution >= 0.6 is 0 Å². The third kappa shape index (κ3) is 4.06. The van der Waals surface area contributed by atoms with E-state index in [4.69, 9.17) is 0 Å². The monoisotopic (exact) mass is 235 g/mol. The van der Waals surface area contributed by atoms with Crippen molar-refractivity contribution in [2.45, 2.75) is 20.3 Å². The number of carbonyl (C=O) groups is 1. The van der Waals surface area contributed by atoms with E-state index in [9.17, 15) is 4.79 Å². The molecular weight excluding hydrogens is 214 g/mol. The lowest BCUT2D eigenvalue weighted by molar-refractivity contribution is 0.0783. The van der Waals surface area contributed by atoms with E-state index in [1.54, 1.807) is 17.2 Å². The minimum Gasteiger partial charge on any atom is -0.387 e. The van der Waals surface area contributed by atoms with Gasteiger partial charge in [0, 0.05) is 20.6 Å². The van der Waals surface area contributed by atoms with Crippen molar-refractivity contribution in [2.75, 3.05) is 26.0 Å². The van der Waals surface area contributed by atoms with E-state index in [1.165, 1.54) is 0 Å². The molecule has 1 amide bonds. The minimum atomic E-state index is -0.0201. The summed E-state index contributed by atoms with van der Waals surface area (Å²) in [5.74, 6) is 0.582. The van der Waals surface area contributed by atoms with Crippen LogP contribution in [-0.2, 0) is 0 Å². The first-order valence-corrected chi connectivity index (χ1v) is 5.94. The van der Waals surface area contributed by atoms with Crippen molar-refractivity contribution in [3.05, 3.63) is 24.0 Å². The maximum Gasteiger partial charge on any atom is 0.272 e. The zero-order valence-electron chi connectivity index (χ0n) is 11.0. The normalized spacial score (nSPS) is 10.4. The predicted molar refractivity (Wildman–Crippen MR) is 70.2 cm³/mol. The maximum atomic E-state index is 12.0. The van der Waals surface area contributed by atoms with Crippen molar-refractivity contribution in [3.8, 4) is 0 Å². The number of nitrogens with zero attached hydrogens (tertiary/aromatic N) is 2. The van der Waals surface area contributed by atoms with Crippen LogP contribution in [0.5, 0.6) is 0 Å². The van der Waals surface area contributed by atoms with Gasteiger partial charge in [-0.25, -0.2) is 4.98 Å². The summed E-state index contributed by atoms with van der Waals surface area (Å²) in [7, 11) is 3.64. The standard InChI is InChI=1S/C13H21N3O/c1-10(2)7-8-16(4)13(17)12-6-5-11(14-3)9-15-12/h5-6,9-10,14H,7-8H2,1-4H3. The Bertz CT molecular complexity index is 359. The summed E-state index contributed by atoms with van der Waals surface area (Å²) in [4.78, 5) is 17.9. The molecule has 0 radical (unpaired) electrons. The van der Waals surface area contributed by atoms with Gasteiger partial charge >= 0.3 is 0 Å². The zero-order valence-corrected chi connectivity index (χ0v) is 11.0. The number of rotatable bonds is 5. The van der Waals surface area contributed by atoms with Crippen LogP contribution in [0.25, 0.3) is 0 Å². The molecule has 0 fully saturated rings. The molecule has 1 heterocycles. The largest absolute Gasteiger partial charge is 0.387 e. The average molecular weight is 235 g/mol. The Morgan fingerprint density at radius 2 is 2.18 bits per heavy atom. The van der Waals surface area contributed by atoms with Crippen LogP contribution < -0.4 is 5.32 Å². The van der Waals surface area contributed by atoms with Crippen LogP contribution in [0.4, 0.5) is 5.69 Å². The summed E-state index contributed by atoms with van der Waals surface area (Å²) in [6.45, 7) is 5.07. The van der Waals surface area contributed by atoms with Gasteiger partial charge in [0.25, 0.3) is 5.91 Å². The van der Waals surface area contributed by atoms with Gasteiger partial charge in [-0.3, -0.25) is 4.79 Å². The fraction of sp³-hybridized carbons (Fsp3) is 0.538. The van der Waals surface area contributed by atoms with Crippen LogP contribution in [0.15, 0.2) is 18.3 Å². The quantitative estimate of drug-likeness (QED) is 0.851. The molecule has 0 unspecified atom stereocenters. The SMILES string of the molecule is CNc1ccc(C(=O)N(C)CCC(C)C)nc1. The molecule has 17 heavy (non-hydrogen) atoms. The van der Waals surface area contributed by atoms with Crippen molar-refractivity contribution in [2.24, 2.45) is 5.92 Å². The molecule has 4 nitrogen and oxygen atoms in total. The topological polar surface area (TPSA) is 45.2 Å². The minimum absolute atomic E-state index is 0.0201. The first-order valence-electron chi connectivity index (χ1n) is 5.94. The number of aromatic nitrogens is 1. The molecule has 0 aliphatic rings. The molecule has 0 spiro atoms. The lowest BCUT2D eigenvalue weighted by atomic mass is 10.1. The van der Waals surface area contributed by atoms with Crippen molar-refractivity contribution >= 4 is 11.6 Å². The van der Waals surface area contributed by atoms with Gasteiger partial charge in [-0.15, -0.1) is 0 Å². The molecule has 0 saturated carbocycles. The second kappa shape index (κ2) is 6.23. The highest BCUT2D eigenvalue weighted by atomic mass is 16.2. The Hall–Kier alpha value is -1.58. The van der Waals surface area contributed by atoms with E-state index in [-0.39, 0.29) is 5.91 Å². The van der Waals surface area contributed by atoms with E-state index in [2.05, 4.69) is 24.1 Å². The molecular formula is C13H21N3O. The molecule has 0 saturated heterocycles. The number of amides is 1. The highest BCUT2D eigenvalue weighted by Gasteiger charge is 2.12. The molecule has 0 bridgehead atoms. The molecule has 1 aromatic rings. The average Bonchev–Trinajstić information content (AvgIpc) is 2.35. The van der Waals surface area contributed by atoms with Gasteiger partial charge in [-0.05, 0) is 24.5 Å². The molecule has 1 N–H and O–H groups in total. The first-order chi connectivity index (χ1) is 8.04. The lowest BCUT2D eigenvalue weighted by Gasteiger charge is -2.17. The molecule has 4 heteroatoms. The number of pyridine rings is 1. The van der Waals surface area contributed by atoms with E-state index in [0.717, 1.165) is 18.7 Å². The second-order valence-corrected chi connectivity index (χ2v) is 4.59. The van der Waals surface area contributed by atoms with Gasteiger partial charge in [-0.1, -0.05) is 13.8 Å². The lowest BCUT2D eigenvalue weighted by Crippen LogP contribution is -2.29. The van der Waals surface area contributed by atoms with Crippen LogP contribution in [0, 0.1) is 5.92 Å². The highest BCUT2D eigenvalue weighted by molar-refractivity contribution is 5.92. The molecule has 0 aliphatic carbocycles. The summed E-state index contributed by atoms with van der Waals surface area (Å²) in [5, 5.41) is 2.98. The fourth-order valence-corrected chi connectivity index (χ4v) is 1.42. The van der Waals surface area contributed by atoms with Gasteiger partial charge in [0.1, 0.15) is 5.69 Å². The van der Waals surface area contributed by atoms with Crippen LogP contribution in [0.3, 0.4) is 0 Å². The van der Waals surface area contributed by atoms with Crippen molar-refractivity contribution in [3.63, 3.8) is 0 Å². The number of carbonyl (C=O) groups excluding carboxylic acids is 1. The van der Waals surface area contributed by atoms with E-state index < -0.39 is 0 Å². The molecule has 94 valence electrons.